The number of phenols is 1. The highest BCUT2D eigenvalue weighted by Crippen LogP contribution is 2.32. The number of hydrogen-bond acceptors (Lipinski definition) is 6. The number of amides is 1. The van der Waals surface area contributed by atoms with Crippen molar-refractivity contribution < 1.29 is 29.3 Å². The van der Waals surface area contributed by atoms with E-state index in [-0.39, 0.29) is 29.4 Å². The summed E-state index contributed by atoms with van der Waals surface area (Å²) in [7, 11) is 0. The van der Waals surface area contributed by atoms with E-state index < -0.39 is 18.2 Å². The second-order valence-corrected chi connectivity index (χ2v) is 9.02. The molecule has 7 heteroatoms. The van der Waals surface area contributed by atoms with Crippen LogP contribution in [0.3, 0.4) is 0 Å². The first kappa shape index (κ1) is 24.7. The maximum Gasteiger partial charge on any atom is 0.342 e. The smallest absolute Gasteiger partial charge is 0.342 e. The molecule has 2 aliphatic heterocycles. The summed E-state index contributed by atoms with van der Waals surface area (Å²) in [6.45, 7) is 0. The van der Waals surface area contributed by atoms with Crippen molar-refractivity contribution in [1.29, 1.82) is 0 Å². The average Bonchev–Trinajstić information content (AvgIpc) is 2.81. The molecular weight excluding hydrogens is 446 g/mol. The molecule has 35 heavy (non-hydrogen) atoms. The summed E-state index contributed by atoms with van der Waals surface area (Å²) in [6.07, 6.45) is 7.84. The van der Waals surface area contributed by atoms with Crippen LogP contribution < -0.4 is 5.32 Å². The molecule has 0 aliphatic carbocycles. The van der Waals surface area contributed by atoms with Gasteiger partial charge in [0, 0.05) is 19.0 Å². The summed E-state index contributed by atoms with van der Waals surface area (Å²) >= 11 is 0. The van der Waals surface area contributed by atoms with Crippen molar-refractivity contribution in [2.75, 3.05) is 0 Å². The van der Waals surface area contributed by atoms with E-state index in [1.807, 2.05) is 30.3 Å². The van der Waals surface area contributed by atoms with E-state index in [0.29, 0.717) is 44.1 Å². The Hall–Kier alpha value is -3.42. The van der Waals surface area contributed by atoms with E-state index >= 15 is 0 Å². The van der Waals surface area contributed by atoms with Gasteiger partial charge in [-0.2, -0.15) is 0 Å². The largest absolute Gasteiger partial charge is 0.507 e. The minimum absolute atomic E-state index is 0.134. The molecule has 2 heterocycles. The number of ether oxygens (including phenoxy) is 2. The SMILES string of the molecule is O=C(C=CCc1ccccc1)NC=CCC1CC2CC(O)CC(Cc3cccc(O)c3C(=O)O1)O2. The lowest BCUT2D eigenvalue weighted by Crippen LogP contribution is -2.40. The Kier molecular flexibility index (Phi) is 8.34. The zero-order chi connectivity index (χ0) is 24.6. The first-order chi connectivity index (χ1) is 17.0. The number of aromatic hydroxyl groups is 1. The molecule has 1 saturated heterocycles. The monoisotopic (exact) mass is 477 g/mol. The van der Waals surface area contributed by atoms with Gasteiger partial charge in [0.1, 0.15) is 17.4 Å². The number of carbonyl (C=O) groups excluding carboxylic acids is 2. The van der Waals surface area contributed by atoms with Crippen LogP contribution >= 0.6 is 0 Å². The summed E-state index contributed by atoms with van der Waals surface area (Å²) in [5.41, 5.74) is 1.90. The van der Waals surface area contributed by atoms with E-state index in [0.717, 1.165) is 5.56 Å². The van der Waals surface area contributed by atoms with Gasteiger partial charge in [0.15, 0.2) is 0 Å². The van der Waals surface area contributed by atoms with Crippen LogP contribution in [0.5, 0.6) is 5.75 Å². The number of benzene rings is 2. The number of allylic oxidation sites excluding steroid dienone is 1. The van der Waals surface area contributed by atoms with Crippen molar-refractivity contribution >= 4 is 11.9 Å². The summed E-state index contributed by atoms with van der Waals surface area (Å²) in [5.74, 6) is -0.963. The fourth-order valence-corrected chi connectivity index (χ4v) is 4.63. The third-order valence-electron chi connectivity index (χ3n) is 6.24. The Bertz CT molecular complexity index is 1080. The Labute approximate surface area is 205 Å². The lowest BCUT2D eigenvalue weighted by molar-refractivity contribution is -0.115. The fraction of sp³-hybridized carbons (Fsp3) is 0.357. The predicted molar refractivity (Wildman–Crippen MR) is 131 cm³/mol. The van der Waals surface area contributed by atoms with E-state index in [1.165, 1.54) is 18.3 Å². The molecule has 184 valence electrons. The molecule has 2 aromatic rings. The van der Waals surface area contributed by atoms with E-state index in [1.54, 1.807) is 24.3 Å². The maximum absolute atomic E-state index is 12.9. The number of hydrogen-bond donors (Lipinski definition) is 3. The number of esters is 1. The van der Waals surface area contributed by atoms with Gasteiger partial charge in [0.05, 0.1) is 18.3 Å². The van der Waals surface area contributed by atoms with Gasteiger partial charge in [-0.15, -0.1) is 0 Å². The molecular formula is C28H31NO6. The van der Waals surface area contributed by atoms with Crippen LogP contribution in [0.2, 0.25) is 0 Å². The molecule has 3 N–H and O–H groups in total. The Morgan fingerprint density at radius 2 is 1.83 bits per heavy atom. The molecule has 1 amide bonds. The minimum Gasteiger partial charge on any atom is -0.507 e. The summed E-state index contributed by atoms with van der Waals surface area (Å²) < 4.78 is 11.9. The highest BCUT2D eigenvalue weighted by molar-refractivity contribution is 5.94. The maximum atomic E-state index is 12.9. The molecule has 1 fully saturated rings. The second kappa shape index (κ2) is 11.8. The van der Waals surface area contributed by atoms with Crippen LogP contribution in [-0.4, -0.2) is 46.5 Å². The van der Waals surface area contributed by atoms with E-state index in [2.05, 4.69) is 5.32 Å². The Morgan fingerprint density at radius 1 is 1.03 bits per heavy atom. The number of fused-ring (bicyclic) bond motifs is 3. The van der Waals surface area contributed by atoms with Crippen LogP contribution in [0.25, 0.3) is 0 Å². The third kappa shape index (κ3) is 7.04. The molecule has 2 bridgehead atoms. The van der Waals surface area contributed by atoms with Crippen LogP contribution in [0.15, 0.2) is 73.0 Å². The zero-order valence-corrected chi connectivity index (χ0v) is 19.5. The average molecular weight is 478 g/mol. The van der Waals surface area contributed by atoms with Crippen molar-refractivity contribution in [2.45, 2.75) is 62.9 Å². The third-order valence-corrected chi connectivity index (χ3v) is 6.24. The molecule has 0 radical (unpaired) electrons. The lowest BCUT2D eigenvalue weighted by Gasteiger charge is -2.36. The molecule has 2 aromatic carbocycles. The van der Waals surface area contributed by atoms with Crippen LogP contribution in [0, 0.1) is 0 Å². The highest BCUT2D eigenvalue weighted by Gasteiger charge is 2.34. The van der Waals surface area contributed by atoms with Gasteiger partial charge in [-0.25, -0.2) is 4.79 Å². The molecule has 7 nitrogen and oxygen atoms in total. The van der Waals surface area contributed by atoms with Crippen molar-refractivity contribution in [3.05, 3.63) is 89.6 Å². The summed E-state index contributed by atoms with van der Waals surface area (Å²) in [6, 6.07) is 14.8. The van der Waals surface area contributed by atoms with Crippen molar-refractivity contribution in [3.8, 4) is 5.75 Å². The van der Waals surface area contributed by atoms with Crippen LogP contribution in [-0.2, 0) is 27.1 Å². The number of nitrogens with one attached hydrogen (secondary N) is 1. The van der Waals surface area contributed by atoms with Gasteiger partial charge in [-0.1, -0.05) is 54.6 Å². The number of aliphatic hydroxyl groups is 1. The van der Waals surface area contributed by atoms with Gasteiger partial charge in [-0.05, 0) is 49.0 Å². The molecule has 0 saturated carbocycles. The second-order valence-electron chi connectivity index (χ2n) is 9.02. The first-order valence-electron chi connectivity index (χ1n) is 12.0. The molecule has 4 atom stereocenters. The van der Waals surface area contributed by atoms with Crippen LogP contribution in [0.4, 0.5) is 0 Å². The van der Waals surface area contributed by atoms with Crippen LogP contribution in [0.1, 0.15) is 47.2 Å². The predicted octanol–water partition coefficient (Wildman–Crippen LogP) is 3.59. The number of rotatable bonds is 6. The van der Waals surface area contributed by atoms with Gasteiger partial charge in [0.2, 0.25) is 5.91 Å². The number of aliphatic hydroxyl groups excluding tert-OH is 1. The molecule has 4 rings (SSSR count). The number of phenolic OH excluding ortho intramolecular Hbond substituents is 1. The van der Waals surface area contributed by atoms with Crippen molar-refractivity contribution in [1.82, 2.24) is 5.32 Å². The molecule has 2 aliphatic rings. The minimum atomic E-state index is -0.579. The topological polar surface area (TPSA) is 105 Å². The molecule has 0 spiro atoms. The van der Waals surface area contributed by atoms with Gasteiger partial charge in [0.25, 0.3) is 0 Å². The van der Waals surface area contributed by atoms with Crippen molar-refractivity contribution in [3.63, 3.8) is 0 Å². The van der Waals surface area contributed by atoms with Gasteiger partial charge in [-0.3, -0.25) is 4.79 Å². The lowest BCUT2D eigenvalue weighted by atomic mass is 9.91. The normalized spacial score (nSPS) is 24.7. The number of carbonyl (C=O) groups is 2. The molecule has 0 aromatic heterocycles. The first-order valence-corrected chi connectivity index (χ1v) is 12.0. The van der Waals surface area contributed by atoms with E-state index in [9.17, 15) is 19.8 Å². The fourth-order valence-electron chi connectivity index (χ4n) is 4.63. The standard InChI is InChI=1S/C28H31NO6/c30-21-16-23-15-20-10-5-12-25(31)27(20)28(33)35-22(18-24(17-21)34-23)11-6-14-29-26(32)13-4-9-19-7-2-1-3-8-19/h1-8,10,12-14,21-24,30-31H,9,11,15-18H2,(H,29,32). The van der Waals surface area contributed by atoms with Gasteiger partial charge < -0.3 is 25.0 Å². The summed E-state index contributed by atoms with van der Waals surface area (Å²) in [5, 5.41) is 23.4. The highest BCUT2D eigenvalue weighted by atomic mass is 16.5. The quantitative estimate of drug-likeness (QED) is 0.434. The summed E-state index contributed by atoms with van der Waals surface area (Å²) in [4.78, 5) is 25.0. The van der Waals surface area contributed by atoms with Gasteiger partial charge >= 0.3 is 5.97 Å². The zero-order valence-electron chi connectivity index (χ0n) is 19.5. The van der Waals surface area contributed by atoms with Crippen molar-refractivity contribution in [2.24, 2.45) is 0 Å². The number of cyclic esters (lactones) is 1. The van der Waals surface area contributed by atoms with E-state index in [4.69, 9.17) is 9.47 Å². The Balaban J connectivity index is 1.38. The Morgan fingerprint density at radius 3 is 2.66 bits per heavy atom. The molecule has 4 unspecified atom stereocenters.